The molecule has 4 nitrogen and oxygen atoms in total. The van der Waals surface area contributed by atoms with Crippen LogP contribution in [0.2, 0.25) is 0 Å². The maximum absolute atomic E-state index is 10.9. The lowest BCUT2D eigenvalue weighted by molar-refractivity contribution is -0.148. The summed E-state index contributed by atoms with van der Waals surface area (Å²) in [4.78, 5) is 10.9. The monoisotopic (exact) mass is 233 g/mol. The van der Waals surface area contributed by atoms with E-state index in [1.807, 2.05) is 42.1 Å². The van der Waals surface area contributed by atoms with Gasteiger partial charge in [-0.05, 0) is 11.6 Å². The van der Waals surface area contributed by atoms with Crippen LogP contribution in [-0.2, 0) is 23.0 Å². The Morgan fingerprint density at radius 3 is 2.82 bits per heavy atom. The molecule has 1 aromatic heterocycles. The first-order valence-corrected chi connectivity index (χ1v) is 5.42. The third-order valence-electron chi connectivity index (χ3n) is 2.94. The van der Waals surface area contributed by atoms with E-state index in [0.29, 0.717) is 6.42 Å². The summed E-state index contributed by atoms with van der Waals surface area (Å²) < 4.78 is 6.96. The van der Waals surface area contributed by atoms with E-state index in [1.165, 1.54) is 7.11 Å². The zero-order valence-corrected chi connectivity index (χ0v) is 9.88. The van der Waals surface area contributed by atoms with Crippen LogP contribution in [0.4, 0.5) is 0 Å². The van der Waals surface area contributed by atoms with Gasteiger partial charge in [-0.3, -0.25) is 0 Å². The molecular weight excluding hydrogens is 218 g/mol. The van der Waals surface area contributed by atoms with Gasteiger partial charge in [0.25, 0.3) is 0 Å². The molecule has 0 saturated carbocycles. The fourth-order valence-corrected chi connectivity index (χ4v) is 2.06. The number of aryl methyl sites for hydroxylation is 1. The minimum atomic E-state index is -0.930. The van der Waals surface area contributed by atoms with Crippen LogP contribution >= 0.6 is 0 Å². The minimum Gasteiger partial charge on any atom is -0.479 e. The Hall–Kier alpha value is -1.81. The number of rotatable bonds is 4. The van der Waals surface area contributed by atoms with Crippen LogP contribution in [0, 0.1) is 0 Å². The normalized spacial score (nSPS) is 12.8. The van der Waals surface area contributed by atoms with Gasteiger partial charge in [-0.2, -0.15) is 0 Å². The van der Waals surface area contributed by atoms with Crippen molar-refractivity contribution >= 4 is 16.9 Å². The molecule has 0 amide bonds. The molecule has 0 aliphatic rings. The molecule has 2 aromatic rings. The first-order chi connectivity index (χ1) is 8.13. The fraction of sp³-hybridized carbons (Fsp3) is 0.308. The number of carbonyl (C=O) groups is 1. The maximum atomic E-state index is 10.9. The molecule has 0 unspecified atom stereocenters. The van der Waals surface area contributed by atoms with E-state index < -0.39 is 12.1 Å². The van der Waals surface area contributed by atoms with Crippen LogP contribution in [0.15, 0.2) is 30.5 Å². The molecule has 90 valence electrons. The first kappa shape index (κ1) is 11.7. The highest BCUT2D eigenvalue weighted by atomic mass is 16.5. The molecule has 0 fully saturated rings. The van der Waals surface area contributed by atoms with Crippen molar-refractivity contribution in [1.82, 2.24) is 4.57 Å². The van der Waals surface area contributed by atoms with Gasteiger partial charge in [0, 0.05) is 37.7 Å². The van der Waals surface area contributed by atoms with Crippen LogP contribution in [0.5, 0.6) is 0 Å². The summed E-state index contributed by atoms with van der Waals surface area (Å²) in [7, 11) is 3.37. The summed E-state index contributed by atoms with van der Waals surface area (Å²) in [5.74, 6) is -0.930. The lowest BCUT2D eigenvalue weighted by Crippen LogP contribution is -2.24. The van der Waals surface area contributed by atoms with Crippen molar-refractivity contribution in [3.05, 3.63) is 36.0 Å². The number of carboxylic acids is 1. The second-order valence-corrected chi connectivity index (χ2v) is 4.05. The van der Waals surface area contributed by atoms with Gasteiger partial charge in [0.15, 0.2) is 6.10 Å². The molecule has 1 aromatic carbocycles. The number of aromatic nitrogens is 1. The van der Waals surface area contributed by atoms with Gasteiger partial charge < -0.3 is 14.4 Å². The van der Waals surface area contributed by atoms with Gasteiger partial charge in [0.1, 0.15) is 0 Å². The SMILES string of the molecule is CO[C@H](Cc1cn(C)c2ccccc12)C(=O)O. The summed E-state index contributed by atoms with van der Waals surface area (Å²) >= 11 is 0. The Morgan fingerprint density at radius 2 is 2.18 bits per heavy atom. The third-order valence-corrected chi connectivity index (χ3v) is 2.94. The quantitative estimate of drug-likeness (QED) is 0.876. The van der Waals surface area contributed by atoms with Crippen molar-refractivity contribution in [2.75, 3.05) is 7.11 Å². The average Bonchev–Trinajstić information content (AvgIpc) is 2.63. The maximum Gasteiger partial charge on any atom is 0.333 e. The lowest BCUT2D eigenvalue weighted by Gasteiger charge is -2.09. The number of hydrogen-bond donors (Lipinski definition) is 1. The predicted octanol–water partition coefficient (Wildman–Crippen LogP) is 1.82. The molecule has 1 N–H and O–H groups in total. The van der Waals surface area contributed by atoms with Crippen molar-refractivity contribution in [1.29, 1.82) is 0 Å². The van der Waals surface area contributed by atoms with Gasteiger partial charge in [0.05, 0.1) is 0 Å². The lowest BCUT2D eigenvalue weighted by atomic mass is 10.1. The highest BCUT2D eigenvalue weighted by Gasteiger charge is 2.19. The van der Waals surface area contributed by atoms with Crippen LogP contribution in [-0.4, -0.2) is 28.9 Å². The summed E-state index contributed by atoms with van der Waals surface area (Å²) in [5, 5.41) is 10.1. The topological polar surface area (TPSA) is 51.5 Å². The van der Waals surface area contributed by atoms with Crippen LogP contribution in [0.1, 0.15) is 5.56 Å². The number of hydrogen-bond acceptors (Lipinski definition) is 2. The fourth-order valence-electron chi connectivity index (χ4n) is 2.06. The Morgan fingerprint density at radius 1 is 1.47 bits per heavy atom. The average molecular weight is 233 g/mol. The number of fused-ring (bicyclic) bond motifs is 1. The van der Waals surface area contributed by atoms with E-state index in [2.05, 4.69) is 0 Å². The predicted molar refractivity (Wildman–Crippen MR) is 65.1 cm³/mol. The number of benzene rings is 1. The molecule has 0 radical (unpaired) electrons. The molecule has 17 heavy (non-hydrogen) atoms. The molecule has 0 spiro atoms. The second kappa shape index (κ2) is 4.59. The number of para-hydroxylation sites is 1. The highest BCUT2D eigenvalue weighted by Crippen LogP contribution is 2.22. The van der Waals surface area contributed by atoms with E-state index in [1.54, 1.807) is 0 Å². The van der Waals surface area contributed by atoms with Gasteiger partial charge in [0.2, 0.25) is 0 Å². The van der Waals surface area contributed by atoms with Crippen molar-refractivity contribution in [2.24, 2.45) is 7.05 Å². The first-order valence-electron chi connectivity index (χ1n) is 5.42. The van der Waals surface area contributed by atoms with Crippen LogP contribution < -0.4 is 0 Å². The van der Waals surface area contributed by atoms with E-state index >= 15 is 0 Å². The number of ether oxygens (including phenoxy) is 1. The van der Waals surface area contributed by atoms with E-state index in [9.17, 15) is 4.79 Å². The molecule has 4 heteroatoms. The molecule has 0 bridgehead atoms. The molecule has 1 heterocycles. The van der Waals surface area contributed by atoms with Crippen LogP contribution in [0.25, 0.3) is 10.9 Å². The number of methoxy groups -OCH3 is 1. The number of carboxylic acid groups (broad SMARTS) is 1. The van der Waals surface area contributed by atoms with Crippen molar-refractivity contribution in [3.8, 4) is 0 Å². The Kier molecular flexibility index (Phi) is 3.15. The van der Waals surface area contributed by atoms with E-state index in [-0.39, 0.29) is 0 Å². The summed E-state index contributed by atoms with van der Waals surface area (Å²) in [6.07, 6.45) is 1.55. The highest BCUT2D eigenvalue weighted by molar-refractivity contribution is 5.84. The van der Waals surface area contributed by atoms with Crippen molar-refractivity contribution in [2.45, 2.75) is 12.5 Å². The van der Waals surface area contributed by atoms with E-state index in [4.69, 9.17) is 9.84 Å². The van der Waals surface area contributed by atoms with Crippen molar-refractivity contribution < 1.29 is 14.6 Å². The van der Waals surface area contributed by atoms with Gasteiger partial charge in [-0.1, -0.05) is 18.2 Å². The van der Waals surface area contributed by atoms with Crippen LogP contribution in [0.3, 0.4) is 0 Å². The summed E-state index contributed by atoms with van der Waals surface area (Å²) in [6.45, 7) is 0. The molecule has 1 atom stereocenters. The van der Waals surface area contributed by atoms with Gasteiger partial charge in [-0.15, -0.1) is 0 Å². The Labute approximate surface area is 99.4 Å². The zero-order chi connectivity index (χ0) is 12.4. The molecular formula is C13H15NO3. The molecule has 2 rings (SSSR count). The largest absolute Gasteiger partial charge is 0.479 e. The summed E-state index contributed by atoms with van der Waals surface area (Å²) in [6, 6.07) is 7.94. The standard InChI is InChI=1S/C13H15NO3/c1-14-8-9(7-12(17-2)13(15)16)10-5-3-4-6-11(10)14/h3-6,8,12H,7H2,1-2H3,(H,15,16)/t12-/m1/s1. The summed E-state index contributed by atoms with van der Waals surface area (Å²) in [5.41, 5.74) is 2.10. The number of aliphatic carboxylic acids is 1. The smallest absolute Gasteiger partial charge is 0.333 e. The van der Waals surface area contributed by atoms with Gasteiger partial charge in [-0.25, -0.2) is 4.79 Å². The minimum absolute atomic E-state index is 0.382. The van der Waals surface area contributed by atoms with Crippen molar-refractivity contribution in [3.63, 3.8) is 0 Å². The van der Waals surface area contributed by atoms with Gasteiger partial charge >= 0.3 is 5.97 Å². The van der Waals surface area contributed by atoms with E-state index in [0.717, 1.165) is 16.5 Å². The Balaban J connectivity index is 2.39. The third kappa shape index (κ3) is 2.17. The molecule has 0 aliphatic carbocycles. The Bertz CT molecular complexity index is 545. The second-order valence-electron chi connectivity index (χ2n) is 4.05. The zero-order valence-electron chi connectivity index (χ0n) is 9.88. The molecule has 0 saturated heterocycles. The number of nitrogens with zero attached hydrogens (tertiary/aromatic N) is 1. The molecule has 0 aliphatic heterocycles.